The lowest BCUT2D eigenvalue weighted by molar-refractivity contribution is -0.143. The van der Waals surface area contributed by atoms with Crippen LogP contribution in [0.25, 0.3) is 0 Å². The van der Waals surface area contributed by atoms with Crippen LogP contribution in [0, 0.1) is 18.7 Å². The van der Waals surface area contributed by atoms with E-state index in [0.29, 0.717) is 34.1 Å². The highest BCUT2D eigenvalue weighted by molar-refractivity contribution is 5.96. The number of rotatable bonds is 14. The summed E-state index contributed by atoms with van der Waals surface area (Å²) in [5.41, 5.74) is 1.71. The summed E-state index contributed by atoms with van der Waals surface area (Å²) in [5, 5.41) is 10.7. The van der Waals surface area contributed by atoms with Gasteiger partial charge in [0.2, 0.25) is 24.4 Å². The Balaban J connectivity index is 1.51. The Morgan fingerprint density at radius 1 is 1.12 bits per heavy atom. The van der Waals surface area contributed by atoms with E-state index in [0.717, 1.165) is 30.6 Å². The van der Waals surface area contributed by atoms with Crippen LogP contribution in [0.4, 0.5) is 14.9 Å². The number of halogens is 1. The molecule has 5 rings (SSSR count). The van der Waals surface area contributed by atoms with Crippen molar-refractivity contribution in [3.8, 4) is 17.2 Å². The van der Waals surface area contributed by atoms with Gasteiger partial charge in [0.1, 0.15) is 5.82 Å². The molecule has 49 heavy (non-hydrogen) atoms. The Morgan fingerprint density at radius 3 is 2.51 bits per heavy atom. The van der Waals surface area contributed by atoms with Crippen molar-refractivity contribution < 1.29 is 42.9 Å². The molecule has 13 heteroatoms. The summed E-state index contributed by atoms with van der Waals surface area (Å²) in [5.74, 6) is -2.03. The van der Waals surface area contributed by atoms with Gasteiger partial charge in [0.25, 0.3) is 0 Å². The van der Waals surface area contributed by atoms with Crippen LogP contribution in [0.3, 0.4) is 0 Å². The van der Waals surface area contributed by atoms with Gasteiger partial charge in [0.05, 0.1) is 19.6 Å². The van der Waals surface area contributed by atoms with Crippen molar-refractivity contribution in [1.29, 1.82) is 0 Å². The second kappa shape index (κ2) is 15.4. The average Bonchev–Trinajstić information content (AvgIpc) is 3.69. The number of nitrogens with zero attached hydrogens (tertiary/aromatic N) is 4. The molecule has 2 fully saturated rings. The normalized spacial score (nSPS) is 20.8. The van der Waals surface area contributed by atoms with Crippen molar-refractivity contribution in [2.24, 2.45) is 5.92 Å². The van der Waals surface area contributed by atoms with Gasteiger partial charge in [-0.3, -0.25) is 24.2 Å². The maximum atomic E-state index is 14.5. The number of aliphatic carboxylic acids is 1. The lowest BCUT2D eigenvalue weighted by Crippen LogP contribution is -2.52. The molecule has 0 saturated carbocycles. The Labute approximate surface area is 286 Å². The van der Waals surface area contributed by atoms with Crippen molar-refractivity contribution in [2.75, 3.05) is 52.0 Å². The molecule has 3 atom stereocenters. The molecule has 3 heterocycles. The number of benzene rings is 2. The summed E-state index contributed by atoms with van der Waals surface area (Å²) in [7, 11) is 2.94. The molecule has 4 amide bonds. The highest BCUT2D eigenvalue weighted by Crippen LogP contribution is 2.47. The molecule has 2 aromatic rings. The predicted molar refractivity (Wildman–Crippen MR) is 180 cm³/mol. The monoisotopic (exact) mass is 682 g/mol. The Morgan fingerprint density at radius 2 is 1.86 bits per heavy atom. The number of imide groups is 1. The number of fused-ring (bicyclic) bond motifs is 1. The predicted octanol–water partition coefficient (Wildman–Crippen LogP) is 5.02. The number of carboxylic acid groups (broad SMARTS) is 1. The minimum Gasteiger partial charge on any atom is -0.493 e. The molecule has 3 aliphatic heterocycles. The van der Waals surface area contributed by atoms with Gasteiger partial charge >= 0.3 is 12.0 Å². The zero-order valence-electron chi connectivity index (χ0n) is 28.9. The fourth-order valence-corrected chi connectivity index (χ4v) is 7.52. The van der Waals surface area contributed by atoms with Gasteiger partial charge in [-0.15, -0.1) is 0 Å². The van der Waals surface area contributed by atoms with Crippen LogP contribution < -0.4 is 19.1 Å². The smallest absolute Gasteiger partial charge is 0.326 e. The van der Waals surface area contributed by atoms with E-state index in [-0.39, 0.29) is 69.5 Å². The van der Waals surface area contributed by atoms with E-state index in [4.69, 9.17) is 14.2 Å². The van der Waals surface area contributed by atoms with Gasteiger partial charge in [-0.2, -0.15) is 0 Å². The van der Waals surface area contributed by atoms with E-state index >= 15 is 0 Å². The number of hydrogen-bond acceptors (Lipinski definition) is 8. The van der Waals surface area contributed by atoms with Gasteiger partial charge in [-0.05, 0) is 67.6 Å². The minimum absolute atomic E-state index is 0.0155. The number of urea groups is 1. The van der Waals surface area contributed by atoms with Crippen LogP contribution in [0.1, 0.15) is 69.4 Å². The first-order valence-electron chi connectivity index (χ1n) is 17.1. The van der Waals surface area contributed by atoms with Crippen molar-refractivity contribution in [3.05, 3.63) is 47.3 Å². The van der Waals surface area contributed by atoms with Gasteiger partial charge < -0.3 is 29.1 Å². The van der Waals surface area contributed by atoms with Crippen LogP contribution in [0.2, 0.25) is 0 Å². The molecule has 2 saturated heterocycles. The molecule has 266 valence electrons. The van der Waals surface area contributed by atoms with E-state index in [9.17, 15) is 28.7 Å². The third-order valence-electron chi connectivity index (χ3n) is 10.00. The fourth-order valence-electron chi connectivity index (χ4n) is 7.52. The maximum absolute atomic E-state index is 14.5. The number of aryl methyl sites for hydroxylation is 1. The average molecular weight is 683 g/mol. The van der Waals surface area contributed by atoms with E-state index < -0.39 is 29.9 Å². The van der Waals surface area contributed by atoms with Crippen LogP contribution in [0.15, 0.2) is 30.3 Å². The lowest BCUT2D eigenvalue weighted by atomic mass is 9.84. The van der Waals surface area contributed by atoms with E-state index in [2.05, 4.69) is 13.8 Å². The highest BCUT2D eigenvalue weighted by Gasteiger charge is 2.48. The topological polar surface area (TPSA) is 129 Å². The molecular weight excluding hydrogens is 635 g/mol. The molecule has 0 bridgehead atoms. The van der Waals surface area contributed by atoms with Crippen LogP contribution in [-0.2, 0) is 14.4 Å². The number of amides is 4. The summed E-state index contributed by atoms with van der Waals surface area (Å²) in [6.45, 7) is 6.41. The van der Waals surface area contributed by atoms with Gasteiger partial charge in [-0.1, -0.05) is 26.7 Å². The first kappa shape index (κ1) is 35.9. The summed E-state index contributed by atoms with van der Waals surface area (Å²) >= 11 is 0. The number of carbonyl (C=O) groups is 4. The number of likely N-dealkylation sites (tertiary alicyclic amines) is 1. The molecule has 0 aromatic heterocycles. The van der Waals surface area contributed by atoms with Crippen molar-refractivity contribution in [3.63, 3.8) is 0 Å². The number of methoxy groups -OCH3 is 1. The van der Waals surface area contributed by atoms with E-state index in [1.54, 1.807) is 41.0 Å². The fraction of sp³-hybridized carbons (Fsp3) is 0.556. The maximum Gasteiger partial charge on any atom is 0.326 e. The summed E-state index contributed by atoms with van der Waals surface area (Å²) in [4.78, 5) is 59.1. The number of ether oxygens (including phenoxy) is 3. The second-order valence-electron chi connectivity index (χ2n) is 13.1. The molecule has 0 aliphatic carbocycles. The van der Waals surface area contributed by atoms with Crippen LogP contribution in [0.5, 0.6) is 17.2 Å². The largest absolute Gasteiger partial charge is 0.493 e. The summed E-state index contributed by atoms with van der Waals surface area (Å²) < 4.78 is 31.2. The molecule has 3 aliphatic rings. The summed E-state index contributed by atoms with van der Waals surface area (Å²) in [6.07, 6.45) is 3.63. The summed E-state index contributed by atoms with van der Waals surface area (Å²) in [6, 6.07) is 7.03. The molecule has 0 unspecified atom stereocenters. The van der Waals surface area contributed by atoms with E-state index in [1.807, 2.05) is 4.90 Å². The third kappa shape index (κ3) is 7.46. The molecule has 12 nitrogen and oxygen atoms in total. The zero-order valence-corrected chi connectivity index (χ0v) is 28.9. The first-order chi connectivity index (χ1) is 23.5. The third-order valence-corrected chi connectivity index (χ3v) is 10.00. The Hall–Kier alpha value is -4.39. The molecule has 2 aromatic carbocycles. The highest BCUT2D eigenvalue weighted by atomic mass is 19.1. The number of hydrogen-bond donors (Lipinski definition) is 1. The van der Waals surface area contributed by atoms with Gasteiger partial charge in [-0.25, -0.2) is 9.18 Å². The van der Waals surface area contributed by atoms with Gasteiger partial charge in [0.15, 0.2) is 11.5 Å². The minimum atomic E-state index is -1.03. The number of carbonyl (C=O) groups excluding carboxylic acids is 3. The number of anilines is 1. The zero-order chi connectivity index (χ0) is 35.4. The molecule has 1 N–H and O–H groups in total. The standard InChI is InChI=1S/C36H47FN4O8/c1-6-8-24(9-7-2)41(25-10-11-27(37)22(3)16-25)32(43)20-40-19-26(23-17-29(47-5)34-30(18-23)48-21-49-34)33(35(44)45)28(40)12-14-39-15-13-31(42)38(4)36(39)46/h10-11,16-18,24,26,28,33H,6-9,12-15,19-21H2,1-5H3,(H,44,45)/t26-,28+,33-/m1/s1. The molecule has 0 radical (unpaired) electrons. The number of carboxylic acids is 1. The SMILES string of the molecule is CCCC(CCC)N(C(=O)CN1C[C@H](c2cc(OC)c3c(c2)OCO3)[C@@H](C(=O)O)[C@@H]1CCN1CCC(=O)N(C)C1=O)c1ccc(F)c(C)c1. The van der Waals surface area contributed by atoms with Crippen LogP contribution >= 0.6 is 0 Å². The first-order valence-corrected chi connectivity index (χ1v) is 17.1. The molecular formula is C36H47FN4O8. The lowest BCUT2D eigenvalue weighted by Gasteiger charge is -2.36. The van der Waals surface area contributed by atoms with Crippen molar-refractivity contribution in [2.45, 2.75) is 77.3 Å². The second-order valence-corrected chi connectivity index (χ2v) is 13.1. The Bertz CT molecular complexity index is 1560. The van der Waals surface area contributed by atoms with Gasteiger partial charge in [0, 0.05) is 56.8 Å². The molecule has 0 spiro atoms. The van der Waals surface area contributed by atoms with Crippen molar-refractivity contribution >= 4 is 29.5 Å². The quantitative estimate of drug-likeness (QED) is 0.292. The Kier molecular flexibility index (Phi) is 11.3. The van der Waals surface area contributed by atoms with Crippen molar-refractivity contribution in [1.82, 2.24) is 14.7 Å². The van der Waals surface area contributed by atoms with E-state index in [1.165, 1.54) is 20.2 Å². The van der Waals surface area contributed by atoms with Crippen LogP contribution in [-0.4, -0.2) is 103 Å².